The summed E-state index contributed by atoms with van der Waals surface area (Å²) < 4.78 is 11.5. The van der Waals surface area contributed by atoms with Crippen LogP contribution >= 0.6 is 0 Å². The van der Waals surface area contributed by atoms with Crippen molar-refractivity contribution in [1.29, 1.82) is 0 Å². The van der Waals surface area contributed by atoms with E-state index in [0.29, 0.717) is 11.1 Å². The van der Waals surface area contributed by atoms with Gasteiger partial charge in [-0.05, 0) is 39.3 Å². The molecule has 0 aliphatic heterocycles. The molecule has 0 radical (unpaired) electrons. The van der Waals surface area contributed by atoms with E-state index in [9.17, 15) is 9.59 Å². The summed E-state index contributed by atoms with van der Waals surface area (Å²) in [7, 11) is 1.31. The first-order valence-corrected chi connectivity index (χ1v) is 6.67. The molecule has 0 amide bonds. The van der Waals surface area contributed by atoms with Gasteiger partial charge >= 0.3 is 12.1 Å². The van der Waals surface area contributed by atoms with Crippen molar-refractivity contribution in [2.45, 2.75) is 33.3 Å². The van der Waals surface area contributed by atoms with Crippen LogP contribution in [0.4, 0.5) is 4.79 Å². The Labute approximate surface area is 123 Å². The second-order valence-electron chi connectivity index (χ2n) is 5.86. The van der Waals surface area contributed by atoms with Crippen LogP contribution in [0.5, 0.6) is 0 Å². The fourth-order valence-corrected chi connectivity index (χ4v) is 2.18. The van der Waals surface area contributed by atoms with Gasteiger partial charge in [0.1, 0.15) is 5.60 Å². The van der Waals surface area contributed by atoms with Gasteiger partial charge in [0.15, 0.2) is 0 Å². The van der Waals surface area contributed by atoms with Crippen molar-refractivity contribution in [2.24, 2.45) is 0 Å². The molecule has 0 spiro atoms. The van der Waals surface area contributed by atoms with Crippen LogP contribution < -0.4 is 0 Å². The van der Waals surface area contributed by atoms with E-state index in [-0.39, 0.29) is 0 Å². The smallest absolute Gasteiger partial charge is 0.419 e. The zero-order valence-corrected chi connectivity index (χ0v) is 12.9. The van der Waals surface area contributed by atoms with Gasteiger partial charge in [0.2, 0.25) is 0 Å². The van der Waals surface area contributed by atoms with Gasteiger partial charge in [-0.2, -0.15) is 0 Å². The van der Waals surface area contributed by atoms with E-state index < -0.39 is 17.7 Å². The first-order valence-electron chi connectivity index (χ1n) is 6.67. The Hall–Kier alpha value is -2.30. The number of fused-ring (bicyclic) bond motifs is 1. The van der Waals surface area contributed by atoms with Crippen molar-refractivity contribution in [3.05, 3.63) is 35.5 Å². The molecule has 2 aromatic rings. The maximum Gasteiger partial charge on any atom is 0.419 e. The molecule has 5 heteroatoms. The van der Waals surface area contributed by atoms with Gasteiger partial charge in [-0.25, -0.2) is 9.59 Å². The number of carbonyl (C=O) groups is 2. The Kier molecular flexibility index (Phi) is 3.77. The molecule has 0 atom stereocenters. The zero-order chi connectivity index (χ0) is 15.8. The van der Waals surface area contributed by atoms with Crippen molar-refractivity contribution >= 4 is 23.0 Å². The summed E-state index contributed by atoms with van der Waals surface area (Å²) in [6.07, 6.45) is 1.16. The van der Waals surface area contributed by atoms with Crippen LogP contribution in [0.3, 0.4) is 0 Å². The number of rotatable bonds is 1. The van der Waals surface area contributed by atoms with Crippen molar-refractivity contribution < 1.29 is 19.1 Å². The fourth-order valence-electron chi connectivity index (χ4n) is 2.18. The van der Waals surface area contributed by atoms with Crippen LogP contribution in [-0.2, 0) is 9.47 Å². The number of aryl methyl sites for hydroxylation is 1. The lowest BCUT2D eigenvalue weighted by molar-refractivity contribution is 0.0544. The Bertz CT molecular complexity index is 707. The predicted octanol–water partition coefficient (Wildman–Crippen LogP) is 3.52. The van der Waals surface area contributed by atoms with Gasteiger partial charge < -0.3 is 9.47 Å². The lowest BCUT2D eigenvalue weighted by atomic mass is 10.1. The maximum atomic E-state index is 12.3. The molecule has 5 nitrogen and oxygen atoms in total. The molecule has 1 aromatic heterocycles. The van der Waals surface area contributed by atoms with Crippen LogP contribution in [0.2, 0.25) is 0 Å². The zero-order valence-electron chi connectivity index (χ0n) is 12.9. The number of aromatic nitrogens is 1. The molecule has 1 heterocycles. The summed E-state index contributed by atoms with van der Waals surface area (Å²) in [6.45, 7) is 7.27. The number of nitrogens with zero attached hydrogens (tertiary/aromatic N) is 1. The monoisotopic (exact) mass is 289 g/mol. The fraction of sp³-hybridized carbons (Fsp3) is 0.375. The van der Waals surface area contributed by atoms with Crippen molar-refractivity contribution in [3.63, 3.8) is 0 Å². The molecule has 1 aromatic carbocycles. The Morgan fingerprint density at radius 3 is 2.43 bits per heavy atom. The molecule has 112 valence electrons. The Morgan fingerprint density at radius 2 is 1.86 bits per heavy atom. The van der Waals surface area contributed by atoms with Gasteiger partial charge in [0, 0.05) is 11.6 Å². The molecule has 0 saturated carbocycles. The van der Waals surface area contributed by atoms with Gasteiger partial charge in [0.05, 0.1) is 18.2 Å². The molecule has 0 unspecified atom stereocenters. The third-order valence-corrected chi connectivity index (χ3v) is 3.02. The minimum Gasteiger partial charge on any atom is -0.465 e. The largest absolute Gasteiger partial charge is 0.465 e. The number of ether oxygens (including phenoxy) is 2. The lowest BCUT2D eigenvalue weighted by Crippen LogP contribution is -2.27. The number of benzene rings is 1. The van der Waals surface area contributed by atoms with E-state index in [2.05, 4.69) is 0 Å². The van der Waals surface area contributed by atoms with E-state index in [0.717, 1.165) is 10.9 Å². The summed E-state index contributed by atoms with van der Waals surface area (Å²) in [5.74, 6) is -0.483. The average molecular weight is 289 g/mol. The summed E-state index contributed by atoms with van der Waals surface area (Å²) in [5, 5.41) is 0.823. The third kappa shape index (κ3) is 2.91. The van der Waals surface area contributed by atoms with E-state index in [4.69, 9.17) is 9.47 Å². The second-order valence-corrected chi connectivity index (χ2v) is 5.86. The SMILES string of the molecule is COC(=O)c1cccc2c(C)cn(C(=O)OC(C)(C)C)c12. The van der Waals surface area contributed by atoms with Crippen LogP contribution in [0, 0.1) is 6.92 Å². The maximum absolute atomic E-state index is 12.3. The van der Waals surface area contributed by atoms with Crippen molar-refractivity contribution in [2.75, 3.05) is 7.11 Å². The van der Waals surface area contributed by atoms with Crippen LogP contribution in [0.1, 0.15) is 36.7 Å². The molecule has 2 rings (SSSR count). The number of esters is 1. The molecule has 21 heavy (non-hydrogen) atoms. The number of hydrogen-bond donors (Lipinski definition) is 0. The number of methoxy groups -OCH3 is 1. The van der Waals surface area contributed by atoms with Gasteiger partial charge in [0.25, 0.3) is 0 Å². The van der Waals surface area contributed by atoms with Gasteiger partial charge in [-0.1, -0.05) is 12.1 Å². The normalized spacial score (nSPS) is 11.5. The minimum atomic E-state index is -0.609. The average Bonchev–Trinajstić information content (AvgIpc) is 2.74. The van der Waals surface area contributed by atoms with Crippen LogP contribution in [0.25, 0.3) is 10.9 Å². The second kappa shape index (κ2) is 5.24. The van der Waals surface area contributed by atoms with E-state index in [1.54, 1.807) is 39.1 Å². The minimum absolute atomic E-state index is 0.342. The standard InChI is InChI=1S/C16H19NO4/c1-10-9-17(15(19)21-16(2,3)4)13-11(10)7-6-8-12(13)14(18)20-5/h6-9H,1-5H3. The molecule has 0 saturated heterocycles. The van der Waals surface area contributed by atoms with E-state index in [1.165, 1.54) is 11.7 Å². The topological polar surface area (TPSA) is 57.5 Å². The highest BCUT2D eigenvalue weighted by Gasteiger charge is 2.23. The highest BCUT2D eigenvalue weighted by atomic mass is 16.6. The molecule has 0 aliphatic rings. The van der Waals surface area contributed by atoms with E-state index in [1.807, 2.05) is 13.0 Å². The summed E-state index contributed by atoms with van der Waals surface area (Å²) in [4.78, 5) is 24.2. The third-order valence-electron chi connectivity index (χ3n) is 3.02. The van der Waals surface area contributed by atoms with Gasteiger partial charge in [-0.15, -0.1) is 0 Å². The first-order chi connectivity index (χ1) is 9.74. The summed E-state index contributed by atoms with van der Waals surface area (Å²) >= 11 is 0. The summed E-state index contributed by atoms with van der Waals surface area (Å²) in [6, 6.07) is 5.26. The predicted molar refractivity (Wildman–Crippen MR) is 79.6 cm³/mol. The Balaban J connectivity index is 2.64. The highest BCUT2D eigenvalue weighted by molar-refractivity contribution is 6.06. The molecule has 0 N–H and O–H groups in total. The molecular formula is C16H19NO4. The van der Waals surface area contributed by atoms with Crippen molar-refractivity contribution in [3.8, 4) is 0 Å². The van der Waals surface area contributed by atoms with E-state index >= 15 is 0 Å². The number of para-hydroxylation sites is 1. The van der Waals surface area contributed by atoms with Crippen LogP contribution in [-0.4, -0.2) is 29.3 Å². The highest BCUT2D eigenvalue weighted by Crippen LogP contribution is 2.26. The van der Waals surface area contributed by atoms with Crippen molar-refractivity contribution in [1.82, 2.24) is 4.57 Å². The molecule has 0 aliphatic carbocycles. The number of carbonyl (C=O) groups excluding carboxylic acids is 2. The number of hydrogen-bond acceptors (Lipinski definition) is 4. The molecule has 0 fully saturated rings. The lowest BCUT2D eigenvalue weighted by Gasteiger charge is -2.20. The first kappa shape index (κ1) is 15.1. The molecular weight excluding hydrogens is 270 g/mol. The molecule has 0 bridgehead atoms. The van der Waals surface area contributed by atoms with Crippen LogP contribution in [0.15, 0.2) is 24.4 Å². The Morgan fingerprint density at radius 1 is 1.19 bits per heavy atom. The quantitative estimate of drug-likeness (QED) is 0.754. The summed E-state index contributed by atoms with van der Waals surface area (Å²) in [5.41, 5.74) is 1.13. The van der Waals surface area contributed by atoms with Gasteiger partial charge in [-0.3, -0.25) is 4.57 Å².